The van der Waals surface area contributed by atoms with Gasteiger partial charge in [-0.3, -0.25) is 0 Å². The molecule has 0 amide bonds. The van der Waals surface area contributed by atoms with Crippen LogP contribution in [0.5, 0.6) is 0 Å². The molecule has 0 bridgehead atoms. The Kier molecular flexibility index (Phi) is 1.52. The Morgan fingerprint density at radius 2 is 2.12 bits per heavy atom. The van der Waals surface area contributed by atoms with E-state index in [9.17, 15) is 4.55 Å². The molecule has 2 nitrogen and oxygen atoms in total. The van der Waals surface area contributed by atoms with Crippen LogP contribution in [0.3, 0.4) is 0 Å². The zero-order valence-corrected chi connectivity index (χ0v) is 6.05. The minimum atomic E-state index is -0.823. The van der Waals surface area contributed by atoms with Crippen molar-refractivity contribution in [2.24, 2.45) is 0 Å². The molecule has 3 heteroatoms. The van der Waals surface area contributed by atoms with E-state index in [-0.39, 0.29) is 5.54 Å². The summed E-state index contributed by atoms with van der Waals surface area (Å²) in [5.41, 5.74) is 0.222. The third-order valence-electron chi connectivity index (χ3n) is 1.39. The van der Waals surface area contributed by atoms with E-state index in [1.165, 1.54) is 12.8 Å². The van der Waals surface area contributed by atoms with Gasteiger partial charge in [-0.25, -0.2) is 0 Å². The Morgan fingerprint density at radius 1 is 1.62 bits per heavy atom. The van der Waals surface area contributed by atoms with E-state index in [0.29, 0.717) is 0 Å². The Balaban J connectivity index is 2.19. The highest BCUT2D eigenvalue weighted by Crippen LogP contribution is 2.34. The highest BCUT2D eigenvalue weighted by Gasteiger charge is 2.40. The van der Waals surface area contributed by atoms with Crippen LogP contribution in [0, 0.1) is 0 Å². The summed E-state index contributed by atoms with van der Waals surface area (Å²) in [6.07, 6.45) is 4.02. The lowest BCUT2D eigenvalue weighted by atomic mass is 10.4. The molecular weight excluding hydrogens is 122 g/mol. The fourth-order valence-electron chi connectivity index (χ4n) is 0.637. The van der Waals surface area contributed by atoms with Gasteiger partial charge in [0, 0.05) is 11.4 Å². The predicted octanol–water partition coefficient (Wildman–Crippen LogP) is 0.422. The van der Waals surface area contributed by atoms with Gasteiger partial charge < -0.3 is 4.55 Å². The van der Waals surface area contributed by atoms with Crippen molar-refractivity contribution in [2.75, 3.05) is 6.26 Å². The van der Waals surface area contributed by atoms with Gasteiger partial charge in [-0.15, -0.1) is 4.72 Å². The molecular formula is C5H11NOS. The van der Waals surface area contributed by atoms with E-state index in [0.717, 1.165) is 0 Å². The minimum Gasteiger partial charge on any atom is -0.598 e. The van der Waals surface area contributed by atoms with Gasteiger partial charge in [0.2, 0.25) is 0 Å². The summed E-state index contributed by atoms with van der Waals surface area (Å²) in [4.78, 5) is 0. The van der Waals surface area contributed by atoms with Crippen LogP contribution in [-0.2, 0) is 11.4 Å². The number of hydrogen-bond donors (Lipinski definition) is 1. The van der Waals surface area contributed by atoms with Gasteiger partial charge in [0.1, 0.15) is 6.26 Å². The quantitative estimate of drug-likeness (QED) is 0.554. The molecule has 1 atom stereocenters. The lowest BCUT2D eigenvalue weighted by molar-refractivity contribution is 0.563. The van der Waals surface area contributed by atoms with Crippen molar-refractivity contribution in [2.45, 2.75) is 25.3 Å². The second-order valence-electron chi connectivity index (χ2n) is 2.62. The van der Waals surface area contributed by atoms with E-state index in [2.05, 4.69) is 11.6 Å². The van der Waals surface area contributed by atoms with E-state index in [1.54, 1.807) is 6.26 Å². The maximum Gasteiger partial charge on any atom is 0.115 e. The summed E-state index contributed by atoms with van der Waals surface area (Å²) >= 11 is -0.823. The number of hydrogen-bond acceptors (Lipinski definition) is 2. The van der Waals surface area contributed by atoms with Crippen molar-refractivity contribution in [1.82, 2.24) is 4.72 Å². The zero-order valence-electron chi connectivity index (χ0n) is 5.23. The van der Waals surface area contributed by atoms with Crippen molar-refractivity contribution in [3.63, 3.8) is 0 Å². The molecule has 1 rings (SSSR count). The first-order valence-electron chi connectivity index (χ1n) is 2.74. The van der Waals surface area contributed by atoms with Crippen LogP contribution in [0.1, 0.15) is 19.8 Å². The Morgan fingerprint density at radius 3 is 2.25 bits per heavy atom. The van der Waals surface area contributed by atoms with E-state index in [4.69, 9.17) is 0 Å². The van der Waals surface area contributed by atoms with Crippen LogP contribution in [-0.4, -0.2) is 16.3 Å². The largest absolute Gasteiger partial charge is 0.598 e. The highest BCUT2D eigenvalue weighted by atomic mass is 32.2. The van der Waals surface area contributed by atoms with E-state index < -0.39 is 11.4 Å². The summed E-state index contributed by atoms with van der Waals surface area (Å²) in [6, 6.07) is 0. The molecule has 1 fully saturated rings. The van der Waals surface area contributed by atoms with E-state index in [1.807, 2.05) is 0 Å². The lowest BCUT2D eigenvalue weighted by Gasteiger charge is -2.10. The fraction of sp³-hybridized carbons (Fsp3) is 1.00. The van der Waals surface area contributed by atoms with Crippen LogP contribution < -0.4 is 4.72 Å². The molecule has 1 unspecified atom stereocenters. The summed E-state index contributed by atoms with van der Waals surface area (Å²) in [7, 11) is 0. The molecule has 0 aromatic carbocycles. The topological polar surface area (TPSA) is 35.1 Å². The van der Waals surface area contributed by atoms with Crippen LogP contribution in [0.2, 0.25) is 0 Å². The van der Waals surface area contributed by atoms with Crippen molar-refractivity contribution in [1.29, 1.82) is 0 Å². The predicted molar refractivity (Wildman–Crippen MR) is 34.8 cm³/mol. The molecule has 8 heavy (non-hydrogen) atoms. The average Bonchev–Trinajstić information content (AvgIpc) is 2.17. The van der Waals surface area contributed by atoms with Gasteiger partial charge in [0.25, 0.3) is 0 Å². The molecule has 1 aliphatic carbocycles. The molecule has 48 valence electrons. The van der Waals surface area contributed by atoms with Crippen molar-refractivity contribution >= 4 is 11.4 Å². The molecule has 1 aliphatic rings. The second-order valence-corrected chi connectivity index (χ2v) is 3.73. The molecule has 1 N–H and O–H groups in total. The molecule has 0 aliphatic heterocycles. The van der Waals surface area contributed by atoms with Gasteiger partial charge >= 0.3 is 0 Å². The van der Waals surface area contributed by atoms with Crippen molar-refractivity contribution in [3.8, 4) is 0 Å². The third-order valence-corrected chi connectivity index (χ3v) is 2.17. The molecule has 0 saturated heterocycles. The third kappa shape index (κ3) is 1.65. The normalized spacial score (nSPS) is 27.4. The van der Waals surface area contributed by atoms with E-state index >= 15 is 0 Å². The summed E-state index contributed by atoms with van der Waals surface area (Å²) < 4.78 is 13.5. The average molecular weight is 133 g/mol. The summed E-state index contributed by atoms with van der Waals surface area (Å²) in [6.45, 7) is 2.09. The summed E-state index contributed by atoms with van der Waals surface area (Å²) in [5, 5.41) is 0. The SMILES string of the molecule is C[S+]([O-])NC1(C)CC1. The van der Waals surface area contributed by atoms with Gasteiger partial charge in [0.15, 0.2) is 0 Å². The van der Waals surface area contributed by atoms with Gasteiger partial charge in [-0.05, 0) is 19.8 Å². The van der Waals surface area contributed by atoms with Crippen molar-refractivity contribution < 1.29 is 4.55 Å². The maximum atomic E-state index is 10.5. The molecule has 0 spiro atoms. The van der Waals surface area contributed by atoms with Gasteiger partial charge in [-0.1, -0.05) is 0 Å². The highest BCUT2D eigenvalue weighted by molar-refractivity contribution is 7.88. The first-order chi connectivity index (χ1) is 3.62. The first kappa shape index (κ1) is 6.39. The molecule has 0 aromatic rings. The van der Waals surface area contributed by atoms with Crippen LogP contribution in [0.4, 0.5) is 0 Å². The van der Waals surface area contributed by atoms with Gasteiger partial charge in [0.05, 0.1) is 5.54 Å². The van der Waals surface area contributed by atoms with Gasteiger partial charge in [-0.2, -0.15) is 0 Å². The second kappa shape index (κ2) is 1.90. The van der Waals surface area contributed by atoms with Crippen molar-refractivity contribution in [3.05, 3.63) is 0 Å². The molecule has 1 saturated carbocycles. The molecule has 0 radical (unpaired) electrons. The zero-order chi connectivity index (χ0) is 6.20. The number of nitrogens with one attached hydrogen (secondary N) is 1. The van der Waals surface area contributed by atoms with Crippen LogP contribution in [0.25, 0.3) is 0 Å². The fourth-order valence-corrected chi connectivity index (χ4v) is 1.53. The maximum absolute atomic E-state index is 10.5. The van der Waals surface area contributed by atoms with Crippen LogP contribution in [0.15, 0.2) is 0 Å². The standard InChI is InChI=1S/C5H11NOS/c1-5(3-4-5)6-8(2)7/h6H,3-4H2,1-2H3. The summed E-state index contributed by atoms with van der Waals surface area (Å²) in [5.74, 6) is 0. The Labute approximate surface area is 53.0 Å². The molecule has 0 heterocycles. The molecule has 0 aromatic heterocycles. The van der Waals surface area contributed by atoms with Crippen LogP contribution >= 0.6 is 0 Å². The smallest absolute Gasteiger partial charge is 0.115 e. The Hall–Kier alpha value is 0.270. The minimum absolute atomic E-state index is 0.222. The first-order valence-corrected chi connectivity index (χ1v) is 4.29. The Bertz CT molecular complexity index is 90.4. The monoisotopic (exact) mass is 133 g/mol. The number of rotatable bonds is 2. The lowest BCUT2D eigenvalue weighted by Crippen LogP contribution is -2.33.